The second kappa shape index (κ2) is 8.01. The van der Waals surface area contributed by atoms with Crippen LogP contribution >= 0.6 is 0 Å². The van der Waals surface area contributed by atoms with Crippen molar-refractivity contribution in [3.63, 3.8) is 0 Å². The van der Waals surface area contributed by atoms with Crippen LogP contribution in [0.1, 0.15) is 19.8 Å². The zero-order chi connectivity index (χ0) is 11.8. The van der Waals surface area contributed by atoms with Crippen LogP contribution in [0.3, 0.4) is 0 Å². The van der Waals surface area contributed by atoms with Crippen molar-refractivity contribution < 1.29 is 9.47 Å². The Morgan fingerprint density at radius 3 is 2.44 bits per heavy atom. The van der Waals surface area contributed by atoms with E-state index in [9.17, 15) is 0 Å². The van der Waals surface area contributed by atoms with Gasteiger partial charge in [0.1, 0.15) is 0 Å². The van der Waals surface area contributed by atoms with E-state index in [2.05, 4.69) is 17.1 Å². The van der Waals surface area contributed by atoms with Gasteiger partial charge in [0.05, 0.1) is 0 Å². The molecule has 1 fully saturated rings. The van der Waals surface area contributed by atoms with Crippen LogP contribution in [-0.4, -0.2) is 58.1 Å². The van der Waals surface area contributed by atoms with Crippen molar-refractivity contribution in [2.75, 3.05) is 46.9 Å². The molecule has 16 heavy (non-hydrogen) atoms. The molecule has 1 N–H and O–H groups in total. The minimum absolute atomic E-state index is 0.124. The monoisotopic (exact) mass is 230 g/mol. The fraction of sp³-hybridized carbons (Fsp3) is 1.00. The van der Waals surface area contributed by atoms with Gasteiger partial charge in [0.15, 0.2) is 6.29 Å². The Hall–Kier alpha value is -0.160. The summed E-state index contributed by atoms with van der Waals surface area (Å²) < 4.78 is 10.2. The highest BCUT2D eigenvalue weighted by Gasteiger charge is 2.14. The van der Waals surface area contributed by atoms with E-state index in [1.165, 1.54) is 25.9 Å². The summed E-state index contributed by atoms with van der Waals surface area (Å²) in [6, 6.07) is 0. The molecule has 4 nitrogen and oxygen atoms in total. The molecule has 0 bridgehead atoms. The molecule has 0 aromatic heterocycles. The summed E-state index contributed by atoms with van der Waals surface area (Å²) in [7, 11) is 3.34. The smallest absolute Gasteiger partial charge is 0.169 e. The van der Waals surface area contributed by atoms with Gasteiger partial charge in [-0.05, 0) is 31.8 Å². The highest BCUT2D eigenvalue weighted by Crippen LogP contribution is 2.14. The summed E-state index contributed by atoms with van der Waals surface area (Å²) in [6.45, 7) is 7.75. The molecule has 0 atom stereocenters. The number of hydrogen-bond acceptors (Lipinski definition) is 4. The van der Waals surface area contributed by atoms with Gasteiger partial charge in [-0.2, -0.15) is 0 Å². The van der Waals surface area contributed by atoms with Gasteiger partial charge in [-0.3, -0.25) is 0 Å². The van der Waals surface area contributed by atoms with Gasteiger partial charge in [0.25, 0.3) is 0 Å². The van der Waals surface area contributed by atoms with Gasteiger partial charge in [-0.15, -0.1) is 0 Å². The third-order valence-corrected chi connectivity index (χ3v) is 3.32. The number of piperidine rings is 1. The predicted molar refractivity (Wildman–Crippen MR) is 65.5 cm³/mol. The average molecular weight is 230 g/mol. The summed E-state index contributed by atoms with van der Waals surface area (Å²) in [5, 5.41) is 3.35. The van der Waals surface area contributed by atoms with E-state index >= 15 is 0 Å². The van der Waals surface area contributed by atoms with E-state index in [0.29, 0.717) is 0 Å². The van der Waals surface area contributed by atoms with Crippen LogP contribution < -0.4 is 5.32 Å². The molecule has 1 aliphatic rings. The van der Waals surface area contributed by atoms with Crippen molar-refractivity contribution in [3.8, 4) is 0 Å². The lowest BCUT2D eigenvalue weighted by Crippen LogP contribution is -2.39. The van der Waals surface area contributed by atoms with Crippen molar-refractivity contribution in [3.05, 3.63) is 0 Å². The molecular formula is C12H26N2O2. The molecule has 1 rings (SSSR count). The van der Waals surface area contributed by atoms with E-state index in [0.717, 1.165) is 25.6 Å². The lowest BCUT2D eigenvalue weighted by atomic mass is 9.99. The summed E-state index contributed by atoms with van der Waals surface area (Å²) in [5.74, 6) is 0.913. The minimum atomic E-state index is -0.124. The molecule has 0 amide bonds. The number of methoxy groups -OCH3 is 2. The normalized spacial score (nSPS) is 19.5. The molecule has 4 heteroatoms. The summed E-state index contributed by atoms with van der Waals surface area (Å²) >= 11 is 0. The zero-order valence-corrected chi connectivity index (χ0v) is 10.9. The van der Waals surface area contributed by atoms with Crippen LogP contribution in [0.4, 0.5) is 0 Å². The lowest BCUT2D eigenvalue weighted by molar-refractivity contribution is -0.0987. The number of nitrogens with one attached hydrogen (secondary N) is 1. The quantitative estimate of drug-likeness (QED) is 0.521. The Morgan fingerprint density at radius 1 is 1.25 bits per heavy atom. The Balaban J connectivity index is 1.98. The molecular weight excluding hydrogens is 204 g/mol. The Bertz CT molecular complexity index is 166. The van der Waals surface area contributed by atoms with Crippen molar-refractivity contribution in [1.82, 2.24) is 10.2 Å². The standard InChI is InChI=1S/C12H26N2O2/c1-11-4-7-14(8-5-11)9-6-13-10-12(15-2)16-3/h11-13H,4-10H2,1-3H3. The maximum Gasteiger partial charge on any atom is 0.169 e. The topological polar surface area (TPSA) is 33.7 Å². The van der Waals surface area contributed by atoms with E-state index in [4.69, 9.17) is 9.47 Å². The molecule has 1 heterocycles. The van der Waals surface area contributed by atoms with Crippen LogP contribution in [-0.2, 0) is 9.47 Å². The molecule has 1 aliphatic heterocycles. The van der Waals surface area contributed by atoms with Crippen molar-refractivity contribution in [2.24, 2.45) is 5.92 Å². The Labute approximate surface area is 99.3 Å². The number of nitrogens with zero attached hydrogens (tertiary/aromatic N) is 1. The molecule has 96 valence electrons. The fourth-order valence-corrected chi connectivity index (χ4v) is 2.01. The van der Waals surface area contributed by atoms with E-state index in [-0.39, 0.29) is 6.29 Å². The van der Waals surface area contributed by atoms with Gasteiger partial charge < -0.3 is 19.7 Å². The lowest BCUT2D eigenvalue weighted by Gasteiger charge is -2.30. The molecule has 0 saturated carbocycles. The minimum Gasteiger partial charge on any atom is -0.355 e. The molecule has 0 aliphatic carbocycles. The molecule has 0 spiro atoms. The second-order valence-corrected chi connectivity index (χ2v) is 4.63. The number of ether oxygens (including phenoxy) is 2. The molecule has 0 aromatic rings. The summed E-state index contributed by atoms with van der Waals surface area (Å²) in [5.41, 5.74) is 0. The molecule has 0 unspecified atom stereocenters. The summed E-state index contributed by atoms with van der Waals surface area (Å²) in [6.07, 6.45) is 2.57. The summed E-state index contributed by atoms with van der Waals surface area (Å²) in [4.78, 5) is 2.53. The first-order valence-corrected chi connectivity index (χ1v) is 6.25. The first kappa shape index (κ1) is 13.9. The Morgan fingerprint density at radius 2 is 1.88 bits per heavy atom. The number of hydrogen-bond donors (Lipinski definition) is 1. The SMILES string of the molecule is COC(CNCCN1CCC(C)CC1)OC. The second-order valence-electron chi connectivity index (χ2n) is 4.63. The number of likely N-dealkylation sites (tertiary alicyclic amines) is 1. The first-order chi connectivity index (χ1) is 7.76. The average Bonchev–Trinajstić information content (AvgIpc) is 2.32. The van der Waals surface area contributed by atoms with Gasteiger partial charge in [-0.1, -0.05) is 6.92 Å². The molecule has 0 aromatic carbocycles. The van der Waals surface area contributed by atoms with Gasteiger partial charge in [0, 0.05) is 33.9 Å². The first-order valence-electron chi connectivity index (χ1n) is 6.25. The van der Waals surface area contributed by atoms with Gasteiger partial charge in [-0.25, -0.2) is 0 Å². The van der Waals surface area contributed by atoms with Crippen LogP contribution in [0.5, 0.6) is 0 Å². The van der Waals surface area contributed by atoms with E-state index in [1.807, 2.05) is 0 Å². The maximum absolute atomic E-state index is 5.11. The zero-order valence-electron chi connectivity index (χ0n) is 10.9. The molecule has 1 saturated heterocycles. The fourth-order valence-electron chi connectivity index (χ4n) is 2.01. The largest absolute Gasteiger partial charge is 0.355 e. The third-order valence-electron chi connectivity index (χ3n) is 3.32. The van der Waals surface area contributed by atoms with Crippen molar-refractivity contribution in [1.29, 1.82) is 0 Å². The van der Waals surface area contributed by atoms with E-state index < -0.39 is 0 Å². The van der Waals surface area contributed by atoms with Gasteiger partial charge in [0.2, 0.25) is 0 Å². The van der Waals surface area contributed by atoms with Crippen molar-refractivity contribution in [2.45, 2.75) is 26.1 Å². The van der Waals surface area contributed by atoms with Gasteiger partial charge >= 0.3 is 0 Å². The number of rotatable bonds is 7. The van der Waals surface area contributed by atoms with E-state index in [1.54, 1.807) is 14.2 Å². The third kappa shape index (κ3) is 5.25. The van der Waals surface area contributed by atoms with Crippen LogP contribution in [0.15, 0.2) is 0 Å². The van der Waals surface area contributed by atoms with Crippen LogP contribution in [0, 0.1) is 5.92 Å². The maximum atomic E-state index is 5.11. The highest BCUT2D eigenvalue weighted by atomic mass is 16.7. The van der Waals surface area contributed by atoms with Crippen molar-refractivity contribution >= 4 is 0 Å². The Kier molecular flexibility index (Phi) is 6.96. The predicted octanol–water partition coefficient (Wildman–Crippen LogP) is 0.927. The molecule has 0 radical (unpaired) electrons. The van der Waals surface area contributed by atoms with Crippen LogP contribution in [0.25, 0.3) is 0 Å². The highest BCUT2D eigenvalue weighted by molar-refractivity contribution is 4.69. The van der Waals surface area contributed by atoms with Crippen LogP contribution in [0.2, 0.25) is 0 Å².